The highest BCUT2D eigenvalue weighted by Gasteiger charge is 2.28. The molecule has 0 radical (unpaired) electrons. The Kier molecular flexibility index (Phi) is 4.33. The molecule has 1 aromatic rings. The van der Waals surface area contributed by atoms with Crippen LogP contribution < -0.4 is 5.48 Å². The van der Waals surface area contributed by atoms with E-state index >= 15 is 0 Å². The minimum absolute atomic E-state index is 0.425. The lowest BCUT2D eigenvalue weighted by atomic mass is 10.4. The van der Waals surface area contributed by atoms with E-state index in [0.717, 1.165) is 6.08 Å². The third-order valence-electron chi connectivity index (χ3n) is 1.57. The second-order valence-corrected chi connectivity index (χ2v) is 3.15. The van der Waals surface area contributed by atoms with E-state index in [1.165, 1.54) is 6.08 Å². The predicted octanol–water partition coefficient (Wildman–Crippen LogP) is 2.21. The molecule has 4 nitrogen and oxygen atoms in total. The molecular weight excluding hydrogens is 239 g/mol. The van der Waals surface area contributed by atoms with Gasteiger partial charge in [-0.05, 0) is 25.1 Å². The van der Waals surface area contributed by atoms with E-state index in [-0.39, 0.29) is 0 Å². The average molecular weight is 249 g/mol. The number of carbonyl (C=O) groups is 1. The monoisotopic (exact) mass is 249 g/mol. The highest BCUT2D eigenvalue weighted by Crippen LogP contribution is 2.13. The zero-order valence-electron chi connectivity index (χ0n) is 8.88. The lowest BCUT2D eigenvalue weighted by molar-refractivity contribution is -0.190. The summed E-state index contributed by atoms with van der Waals surface area (Å²) in [4.78, 5) is 14.9. The number of amides is 1. The van der Waals surface area contributed by atoms with Crippen LogP contribution in [0.2, 0.25) is 0 Å². The molecule has 94 valence electrons. The maximum Gasteiger partial charge on any atom is 0.414 e. The molecule has 0 fully saturated rings. The summed E-state index contributed by atoms with van der Waals surface area (Å²) in [6, 6.07) is 3.31. The van der Waals surface area contributed by atoms with Crippen molar-refractivity contribution in [1.82, 2.24) is 5.48 Å². The number of halogens is 3. The molecule has 1 rings (SSSR count). The molecule has 0 aliphatic carbocycles. The number of carbonyl (C=O) groups excluding carboxylic acids is 1. The third-order valence-corrected chi connectivity index (χ3v) is 1.57. The fourth-order valence-electron chi connectivity index (χ4n) is 0.924. The summed E-state index contributed by atoms with van der Waals surface area (Å²) < 4.78 is 40.1. The molecule has 1 aromatic heterocycles. The minimum atomic E-state index is -4.48. The third kappa shape index (κ3) is 5.76. The highest BCUT2D eigenvalue weighted by molar-refractivity contribution is 5.90. The molecule has 0 spiro atoms. The molecule has 0 saturated heterocycles. The number of nitrogens with one attached hydrogen (secondary N) is 1. The fourth-order valence-corrected chi connectivity index (χ4v) is 0.924. The molecule has 0 aliphatic heterocycles. The van der Waals surface area contributed by atoms with Gasteiger partial charge in [-0.1, -0.05) is 0 Å². The summed E-state index contributed by atoms with van der Waals surface area (Å²) in [6.45, 7) is 0.191. The number of alkyl halides is 3. The largest absolute Gasteiger partial charge is 0.462 e. The van der Waals surface area contributed by atoms with Crippen molar-refractivity contribution in [3.05, 3.63) is 29.7 Å². The number of furan rings is 1. The first-order valence-corrected chi connectivity index (χ1v) is 4.60. The lowest BCUT2D eigenvalue weighted by Gasteiger charge is -2.06. The van der Waals surface area contributed by atoms with Gasteiger partial charge in [0.1, 0.15) is 11.5 Å². The highest BCUT2D eigenvalue weighted by atomic mass is 19.4. The molecule has 1 heterocycles. The minimum Gasteiger partial charge on any atom is -0.462 e. The number of rotatable bonds is 4. The first-order valence-electron chi connectivity index (χ1n) is 4.60. The van der Waals surface area contributed by atoms with E-state index < -0.39 is 18.7 Å². The van der Waals surface area contributed by atoms with Gasteiger partial charge in [0.2, 0.25) is 0 Å². The van der Waals surface area contributed by atoms with Crippen LogP contribution in [0.25, 0.3) is 6.08 Å². The Morgan fingerprint density at radius 3 is 2.76 bits per heavy atom. The topological polar surface area (TPSA) is 51.5 Å². The predicted molar refractivity (Wildman–Crippen MR) is 52.6 cm³/mol. The van der Waals surface area contributed by atoms with Gasteiger partial charge in [-0.15, -0.1) is 0 Å². The van der Waals surface area contributed by atoms with Gasteiger partial charge in [0.05, 0.1) is 0 Å². The van der Waals surface area contributed by atoms with Gasteiger partial charge in [-0.2, -0.15) is 13.2 Å². The smallest absolute Gasteiger partial charge is 0.414 e. The van der Waals surface area contributed by atoms with Crippen molar-refractivity contribution in [3.8, 4) is 0 Å². The van der Waals surface area contributed by atoms with Crippen LogP contribution in [0.4, 0.5) is 13.2 Å². The Morgan fingerprint density at radius 1 is 1.53 bits per heavy atom. The van der Waals surface area contributed by atoms with Gasteiger partial charge in [0.15, 0.2) is 6.61 Å². The van der Waals surface area contributed by atoms with Crippen molar-refractivity contribution >= 4 is 12.0 Å². The number of hydrogen-bond donors (Lipinski definition) is 1. The van der Waals surface area contributed by atoms with Gasteiger partial charge >= 0.3 is 6.18 Å². The first-order chi connectivity index (χ1) is 7.87. The van der Waals surface area contributed by atoms with E-state index in [1.807, 2.05) is 0 Å². The molecule has 0 bridgehead atoms. The van der Waals surface area contributed by atoms with Crippen LogP contribution in [0, 0.1) is 6.92 Å². The van der Waals surface area contributed by atoms with E-state index in [2.05, 4.69) is 4.84 Å². The second-order valence-electron chi connectivity index (χ2n) is 3.15. The molecular formula is C10H10F3NO3. The van der Waals surface area contributed by atoms with Crippen LogP contribution in [-0.4, -0.2) is 18.7 Å². The van der Waals surface area contributed by atoms with E-state index in [1.54, 1.807) is 24.5 Å². The quantitative estimate of drug-likeness (QED) is 0.657. The van der Waals surface area contributed by atoms with Crippen molar-refractivity contribution in [2.24, 2.45) is 0 Å². The second kappa shape index (κ2) is 5.53. The Morgan fingerprint density at radius 2 is 2.24 bits per heavy atom. The van der Waals surface area contributed by atoms with Gasteiger partial charge in [-0.25, -0.2) is 5.48 Å². The SMILES string of the molecule is Cc1ccc(/C=C/C(=O)NOCC(F)(F)F)o1. The van der Waals surface area contributed by atoms with Crippen LogP contribution in [0.1, 0.15) is 11.5 Å². The van der Waals surface area contributed by atoms with Crippen LogP contribution in [0.3, 0.4) is 0 Å². The van der Waals surface area contributed by atoms with Crippen molar-refractivity contribution in [3.63, 3.8) is 0 Å². The average Bonchev–Trinajstić information content (AvgIpc) is 2.59. The van der Waals surface area contributed by atoms with Crippen molar-refractivity contribution in [1.29, 1.82) is 0 Å². The number of hydroxylamine groups is 1. The summed E-state index contributed by atoms with van der Waals surface area (Å²) in [5, 5.41) is 0. The van der Waals surface area contributed by atoms with Crippen molar-refractivity contribution in [2.75, 3.05) is 6.61 Å². The molecule has 1 N–H and O–H groups in total. The van der Waals surface area contributed by atoms with Crippen LogP contribution >= 0.6 is 0 Å². The zero-order valence-corrected chi connectivity index (χ0v) is 8.88. The maximum atomic E-state index is 11.7. The standard InChI is InChI=1S/C10H10F3NO3/c1-7-2-3-8(17-7)4-5-9(15)14-16-6-10(11,12)13/h2-5H,6H2,1H3,(H,14,15)/b5-4+. The molecule has 17 heavy (non-hydrogen) atoms. The summed E-state index contributed by atoms with van der Waals surface area (Å²) in [5.41, 5.74) is 1.63. The number of aryl methyl sites for hydroxylation is 1. The van der Waals surface area contributed by atoms with Crippen LogP contribution in [-0.2, 0) is 9.63 Å². The first kappa shape index (κ1) is 13.3. The summed E-state index contributed by atoms with van der Waals surface area (Å²) >= 11 is 0. The number of hydrogen-bond acceptors (Lipinski definition) is 3. The Hall–Kier alpha value is -1.76. The van der Waals surface area contributed by atoms with Gasteiger partial charge in [-0.3, -0.25) is 9.63 Å². The zero-order chi connectivity index (χ0) is 12.9. The maximum absolute atomic E-state index is 11.7. The molecule has 1 amide bonds. The van der Waals surface area contributed by atoms with E-state index in [0.29, 0.717) is 11.5 Å². The Balaban J connectivity index is 2.32. The summed E-state index contributed by atoms with van der Waals surface area (Å²) in [5.74, 6) is 0.287. The van der Waals surface area contributed by atoms with Crippen LogP contribution in [0.5, 0.6) is 0 Å². The lowest BCUT2D eigenvalue weighted by Crippen LogP contribution is -2.28. The normalized spacial score (nSPS) is 12.0. The Labute approximate surface area is 95.0 Å². The van der Waals surface area contributed by atoms with Gasteiger partial charge < -0.3 is 4.42 Å². The molecule has 0 atom stereocenters. The molecule has 0 unspecified atom stereocenters. The van der Waals surface area contributed by atoms with Gasteiger partial charge in [0, 0.05) is 6.08 Å². The van der Waals surface area contributed by atoms with Crippen molar-refractivity contribution < 1.29 is 27.2 Å². The summed E-state index contributed by atoms with van der Waals surface area (Å²) in [6.07, 6.45) is -2.15. The van der Waals surface area contributed by atoms with Crippen molar-refractivity contribution in [2.45, 2.75) is 13.1 Å². The molecule has 0 aliphatic rings. The van der Waals surface area contributed by atoms with Gasteiger partial charge in [0.25, 0.3) is 5.91 Å². The fraction of sp³-hybridized carbons (Fsp3) is 0.300. The molecule has 0 saturated carbocycles. The summed E-state index contributed by atoms with van der Waals surface area (Å²) in [7, 11) is 0. The Bertz CT molecular complexity index is 409. The molecule has 0 aromatic carbocycles. The molecule has 7 heteroatoms. The van der Waals surface area contributed by atoms with E-state index in [4.69, 9.17) is 4.42 Å². The van der Waals surface area contributed by atoms with Crippen LogP contribution in [0.15, 0.2) is 22.6 Å². The van der Waals surface area contributed by atoms with E-state index in [9.17, 15) is 18.0 Å².